The molecule has 2 saturated heterocycles. The Morgan fingerprint density at radius 3 is 2.42 bits per heavy atom. The summed E-state index contributed by atoms with van der Waals surface area (Å²) in [6.45, 7) is 5.00. The number of β-amino-alcohol motifs (C(OH)–C–C–N with tert-alkyl or cyclic N) is 1. The van der Waals surface area contributed by atoms with Crippen molar-refractivity contribution in [2.24, 2.45) is 0 Å². The van der Waals surface area contributed by atoms with Crippen molar-refractivity contribution in [2.45, 2.75) is 17.8 Å². The van der Waals surface area contributed by atoms with Crippen LogP contribution in [0.2, 0.25) is 0 Å². The first kappa shape index (κ1) is 17.8. The highest BCUT2D eigenvalue weighted by atomic mass is 32.2. The molecule has 1 atom stereocenters. The van der Waals surface area contributed by atoms with Gasteiger partial charge >= 0.3 is 0 Å². The van der Waals surface area contributed by atoms with E-state index in [1.165, 1.54) is 4.31 Å². The zero-order valence-corrected chi connectivity index (χ0v) is 15.1. The number of hydrogen-bond donors (Lipinski definition) is 1. The van der Waals surface area contributed by atoms with Crippen molar-refractivity contribution in [3.05, 3.63) is 35.9 Å². The topological polar surface area (TPSA) is 64.1 Å². The zero-order chi connectivity index (χ0) is 17.2. The van der Waals surface area contributed by atoms with Crippen molar-refractivity contribution < 1.29 is 13.5 Å². The maximum atomic E-state index is 12.6. The second kappa shape index (κ2) is 7.09. The number of benzene rings is 1. The van der Waals surface area contributed by atoms with Gasteiger partial charge in [-0.25, -0.2) is 8.42 Å². The van der Waals surface area contributed by atoms with Crippen LogP contribution in [0.15, 0.2) is 30.3 Å². The summed E-state index contributed by atoms with van der Waals surface area (Å²) in [5, 5.41) is 10.8. The monoisotopic (exact) mass is 353 g/mol. The van der Waals surface area contributed by atoms with Crippen LogP contribution in [0, 0.1) is 0 Å². The summed E-state index contributed by atoms with van der Waals surface area (Å²) in [5.74, 6) is -0.00156. The Morgan fingerprint density at radius 2 is 1.75 bits per heavy atom. The van der Waals surface area contributed by atoms with E-state index in [9.17, 15) is 13.5 Å². The smallest absolute Gasteiger partial charge is 0.218 e. The van der Waals surface area contributed by atoms with E-state index in [2.05, 4.69) is 16.8 Å². The van der Waals surface area contributed by atoms with Gasteiger partial charge in [0.2, 0.25) is 10.0 Å². The molecular weight excluding hydrogens is 326 g/mol. The maximum Gasteiger partial charge on any atom is 0.218 e. The zero-order valence-electron chi connectivity index (χ0n) is 14.3. The SMILES string of the molecule is CN1CCN(CC2(O)CCN(S(=O)(=O)Cc3ccccc3)C2)CC1. The number of nitrogens with zero attached hydrogens (tertiary/aromatic N) is 3. The van der Waals surface area contributed by atoms with E-state index in [1.54, 1.807) is 0 Å². The van der Waals surface area contributed by atoms with Gasteiger partial charge in [-0.15, -0.1) is 0 Å². The van der Waals surface area contributed by atoms with Crippen LogP contribution in [-0.4, -0.2) is 86.1 Å². The van der Waals surface area contributed by atoms with Gasteiger partial charge in [0.25, 0.3) is 0 Å². The van der Waals surface area contributed by atoms with Gasteiger partial charge in [-0.2, -0.15) is 4.31 Å². The van der Waals surface area contributed by atoms with Crippen molar-refractivity contribution in [3.8, 4) is 0 Å². The third kappa shape index (κ3) is 4.34. The molecule has 3 rings (SSSR count). The molecule has 0 amide bonds. The first-order valence-corrected chi connectivity index (χ1v) is 10.1. The molecule has 0 aliphatic carbocycles. The van der Waals surface area contributed by atoms with Crippen LogP contribution in [0.3, 0.4) is 0 Å². The number of piperazine rings is 1. The van der Waals surface area contributed by atoms with Gasteiger partial charge in [0, 0.05) is 45.8 Å². The summed E-state index contributed by atoms with van der Waals surface area (Å²) < 4.78 is 26.7. The highest BCUT2D eigenvalue weighted by molar-refractivity contribution is 7.88. The van der Waals surface area contributed by atoms with Crippen molar-refractivity contribution in [1.82, 2.24) is 14.1 Å². The molecule has 2 aliphatic heterocycles. The molecular formula is C17H27N3O3S. The van der Waals surface area contributed by atoms with E-state index in [0.29, 0.717) is 19.5 Å². The Hall–Kier alpha value is -0.990. The van der Waals surface area contributed by atoms with Gasteiger partial charge < -0.3 is 10.0 Å². The Bertz CT molecular complexity index is 644. The van der Waals surface area contributed by atoms with Crippen molar-refractivity contribution >= 4 is 10.0 Å². The number of sulfonamides is 1. The number of hydrogen-bond acceptors (Lipinski definition) is 5. The largest absolute Gasteiger partial charge is 0.387 e. The maximum absolute atomic E-state index is 12.6. The molecule has 0 saturated carbocycles. The van der Waals surface area contributed by atoms with Crippen molar-refractivity contribution in [1.29, 1.82) is 0 Å². The molecule has 2 fully saturated rings. The molecule has 1 unspecified atom stereocenters. The number of rotatable bonds is 5. The van der Waals surface area contributed by atoms with Crippen LogP contribution in [0.1, 0.15) is 12.0 Å². The fraction of sp³-hybridized carbons (Fsp3) is 0.647. The third-order valence-electron chi connectivity index (χ3n) is 5.00. The molecule has 1 aromatic rings. The lowest BCUT2D eigenvalue weighted by molar-refractivity contribution is 0.00424. The molecule has 1 aromatic carbocycles. The Morgan fingerprint density at radius 1 is 1.08 bits per heavy atom. The minimum atomic E-state index is -3.39. The lowest BCUT2D eigenvalue weighted by Gasteiger charge is -2.36. The van der Waals surface area contributed by atoms with Crippen LogP contribution in [0.4, 0.5) is 0 Å². The summed E-state index contributed by atoms with van der Waals surface area (Å²) in [6.07, 6.45) is 0.507. The molecule has 0 radical (unpaired) electrons. The Labute approximate surface area is 144 Å². The van der Waals surface area contributed by atoms with Gasteiger partial charge in [-0.3, -0.25) is 4.90 Å². The van der Waals surface area contributed by atoms with Crippen molar-refractivity contribution in [2.75, 3.05) is 52.9 Å². The molecule has 0 spiro atoms. The first-order valence-electron chi connectivity index (χ1n) is 8.51. The van der Waals surface area contributed by atoms with Crippen LogP contribution in [0.5, 0.6) is 0 Å². The molecule has 24 heavy (non-hydrogen) atoms. The average Bonchev–Trinajstić information content (AvgIpc) is 2.93. The minimum Gasteiger partial charge on any atom is -0.387 e. The standard InChI is InChI=1S/C17H27N3O3S/c1-18-9-11-19(12-10-18)14-17(21)7-8-20(15-17)24(22,23)13-16-5-3-2-4-6-16/h2-6,21H,7-15H2,1H3. The lowest BCUT2D eigenvalue weighted by Crippen LogP contribution is -2.52. The van der Waals surface area contributed by atoms with E-state index in [-0.39, 0.29) is 12.3 Å². The van der Waals surface area contributed by atoms with Crippen LogP contribution in [-0.2, 0) is 15.8 Å². The van der Waals surface area contributed by atoms with E-state index in [4.69, 9.17) is 0 Å². The second-order valence-electron chi connectivity index (χ2n) is 7.13. The minimum absolute atomic E-state index is 0.00156. The highest BCUT2D eigenvalue weighted by Crippen LogP contribution is 2.26. The quantitative estimate of drug-likeness (QED) is 0.819. The predicted molar refractivity (Wildman–Crippen MR) is 94.1 cm³/mol. The van der Waals surface area contributed by atoms with E-state index in [0.717, 1.165) is 31.7 Å². The fourth-order valence-electron chi connectivity index (χ4n) is 3.48. The van der Waals surface area contributed by atoms with Gasteiger partial charge in [-0.1, -0.05) is 30.3 Å². The molecule has 0 aromatic heterocycles. The fourth-order valence-corrected chi connectivity index (χ4v) is 5.09. The Kier molecular flexibility index (Phi) is 5.27. The summed E-state index contributed by atoms with van der Waals surface area (Å²) in [4.78, 5) is 4.51. The predicted octanol–water partition coefficient (Wildman–Crippen LogP) is 0.201. The number of likely N-dealkylation sites (N-methyl/N-ethyl adjacent to an activating group) is 1. The average molecular weight is 353 g/mol. The summed E-state index contributed by atoms with van der Waals surface area (Å²) >= 11 is 0. The molecule has 0 bridgehead atoms. The number of aliphatic hydroxyl groups is 1. The normalized spacial score (nSPS) is 27.6. The molecule has 1 N–H and O–H groups in total. The second-order valence-corrected chi connectivity index (χ2v) is 9.10. The van der Waals surface area contributed by atoms with Gasteiger partial charge in [0.15, 0.2) is 0 Å². The van der Waals surface area contributed by atoms with Gasteiger partial charge in [0.1, 0.15) is 0 Å². The van der Waals surface area contributed by atoms with Crippen LogP contribution < -0.4 is 0 Å². The molecule has 6 nitrogen and oxygen atoms in total. The van der Waals surface area contributed by atoms with E-state index < -0.39 is 15.6 Å². The van der Waals surface area contributed by atoms with Crippen molar-refractivity contribution in [3.63, 3.8) is 0 Å². The van der Waals surface area contributed by atoms with E-state index >= 15 is 0 Å². The molecule has 134 valence electrons. The van der Waals surface area contributed by atoms with Gasteiger partial charge in [0.05, 0.1) is 11.4 Å². The van der Waals surface area contributed by atoms with E-state index in [1.807, 2.05) is 30.3 Å². The Balaban J connectivity index is 1.59. The van der Waals surface area contributed by atoms with Crippen LogP contribution in [0.25, 0.3) is 0 Å². The highest BCUT2D eigenvalue weighted by Gasteiger charge is 2.42. The summed E-state index contributed by atoms with van der Waals surface area (Å²) in [6, 6.07) is 9.21. The van der Waals surface area contributed by atoms with Gasteiger partial charge in [-0.05, 0) is 19.0 Å². The lowest BCUT2D eigenvalue weighted by atomic mass is 10.0. The van der Waals surface area contributed by atoms with Crippen LogP contribution >= 0.6 is 0 Å². The molecule has 7 heteroatoms. The third-order valence-corrected chi connectivity index (χ3v) is 6.79. The molecule has 2 heterocycles. The summed E-state index contributed by atoms with van der Waals surface area (Å²) in [5.41, 5.74) is -0.147. The molecule has 2 aliphatic rings. The first-order chi connectivity index (χ1) is 11.4. The summed E-state index contributed by atoms with van der Waals surface area (Å²) in [7, 11) is -1.29.